The van der Waals surface area contributed by atoms with Gasteiger partial charge in [0.2, 0.25) is 5.91 Å². The van der Waals surface area contributed by atoms with Crippen LogP contribution in [0.5, 0.6) is 0 Å². The van der Waals surface area contributed by atoms with Gasteiger partial charge >= 0.3 is 6.03 Å². The van der Waals surface area contributed by atoms with Crippen LogP contribution in [-0.4, -0.2) is 54.0 Å². The molecule has 5 nitrogen and oxygen atoms in total. The molecular formula is C18H29N3O2. The average Bonchev–Trinajstić information content (AvgIpc) is 2.93. The number of nitrogens with zero attached hydrogens (tertiary/aromatic N) is 2. The number of urea groups is 1. The number of amides is 3. The van der Waals surface area contributed by atoms with Crippen LogP contribution in [0.3, 0.4) is 0 Å². The first kappa shape index (κ1) is 16.3. The third-order valence-electron chi connectivity index (χ3n) is 5.54. The van der Waals surface area contributed by atoms with Gasteiger partial charge in [0.1, 0.15) is 0 Å². The number of nitrogens with one attached hydrogen (secondary N) is 1. The molecule has 2 heterocycles. The highest BCUT2D eigenvalue weighted by atomic mass is 16.2. The lowest BCUT2D eigenvalue weighted by Gasteiger charge is -2.44. The van der Waals surface area contributed by atoms with Gasteiger partial charge in [0, 0.05) is 38.6 Å². The molecule has 2 fully saturated rings. The van der Waals surface area contributed by atoms with E-state index < -0.39 is 0 Å². The molecule has 1 N–H and O–H groups in total. The second-order valence-corrected chi connectivity index (χ2v) is 7.53. The summed E-state index contributed by atoms with van der Waals surface area (Å²) in [5, 5.41) is 3.09. The zero-order valence-electron chi connectivity index (χ0n) is 14.2. The number of hydrogen-bond donors (Lipinski definition) is 1. The first-order valence-corrected chi connectivity index (χ1v) is 9.06. The number of carbonyl (C=O) groups excluding carboxylic acids is 2. The zero-order valence-corrected chi connectivity index (χ0v) is 14.2. The van der Waals surface area contributed by atoms with Gasteiger partial charge in [-0.25, -0.2) is 4.79 Å². The van der Waals surface area contributed by atoms with Gasteiger partial charge in [-0.2, -0.15) is 0 Å². The predicted octanol–water partition coefficient (Wildman–Crippen LogP) is 2.53. The Bertz CT molecular complexity index is 491. The maximum Gasteiger partial charge on any atom is 0.317 e. The van der Waals surface area contributed by atoms with E-state index in [0.29, 0.717) is 18.4 Å². The van der Waals surface area contributed by atoms with E-state index in [0.717, 1.165) is 45.3 Å². The van der Waals surface area contributed by atoms with E-state index in [9.17, 15) is 9.59 Å². The van der Waals surface area contributed by atoms with Crippen LogP contribution in [0.2, 0.25) is 0 Å². The van der Waals surface area contributed by atoms with Gasteiger partial charge in [-0.15, -0.1) is 0 Å². The summed E-state index contributed by atoms with van der Waals surface area (Å²) in [6, 6.07) is 0.0476. The molecule has 1 spiro atoms. The summed E-state index contributed by atoms with van der Waals surface area (Å²) in [4.78, 5) is 28.1. The van der Waals surface area contributed by atoms with Crippen LogP contribution >= 0.6 is 0 Å². The van der Waals surface area contributed by atoms with Crippen molar-refractivity contribution in [1.82, 2.24) is 15.1 Å². The standard InChI is InChI=1S/C18H29N3O2/c1-15(13-20-11-5-7-16(20)22)19-17(23)21-12-6-10-18(14-21)8-3-2-4-9-18/h2-3,15H,4-14H2,1H3,(H,19,23)/t15-,18+/m0/s1. The molecule has 23 heavy (non-hydrogen) atoms. The van der Waals surface area contributed by atoms with Gasteiger partial charge < -0.3 is 15.1 Å². The largest absolute Gasteiger partial charge is 0.341 e. The minimum Gasteiger partial charge on any atom is -0.341 e. The SMILES string of the molecule is C[C@@H](CN1CCCC1=O)NC(=O)N1CCC[C@]2(CC=CCC2)C1. The molecule has 0 radical (unpaired) electrons. The molecule has 0 saturated carbocycles. The Morgan fingerprint density at radius 1 is 1.30 bits per heavy atom. The highest BCUT2D eigenvalue weighted by Gasteiger charge is 2.37. The van der Waals surface area contributed by atoms with E-state index in [-0.39, 0.29) is 18.0 Å². The van der Waals surface area contributed by atoms with E-state index in [4.69, 9.17) is 0 Å². The molecule has 1 aliphatic carbocycles. The van der Waals surface area contributed by atoms with Crippen molar-refractivity contribution in [1.29, 1.82) is 0 Å². The van der Waals surface area contributed by atoms with Crippen molar-refractivity contribution in [3.8, 4) is 0 Å². The Balaban J connectivity index is 1.51. The van der Waals surface area contributed by atoms with Gasteiger partial charge in [-0.1, -0.05) is 12.2 Å². The molecule has 0 aromatic heterocycles. The van der Waals surface area contributed by atoms with E-state index in [1.165, 1.54) is 12.8 Å². The van der Waals surface area contributed by atoms with Crippen LogP contribution in [0, 0.1) is 5.41 Å². The molecule has 0 bridgehead atoms. The molecular weight excluding hydrogens is 290 g/mol. The average molecular weight is 319 g/mol. The van der Waals surface area contributed by atoms with E-state index >= 15 is 0 Å². The Labute approximate surface area is 139 Å². The topological polar surface area (TPSA) is 52.7 Å². The van der Waals surface area contributed by atoms with Crippen molar-refractivity contribution in [3.05, 3.63) is 12.2 Å². The molecule has 128 valence electrons. The molecule has 2 saturated heterocycles. The molecule has 0 aromatic carbocycles. The van der Waals surface area contributed by atoms with E-state index in [1.807, 2.05) is 16.7 Å². The van der Waals surface area contributed by atoms with Crippen LogP contribution in [0.4, 0.5) is 4.79 Å². The van der Waals surface area contributed by atoms with Crippen molar-refractivity contribution in [2.24, 2.45) is 5.41 Å². The number of carbonyl (C=O) groups is 2. The van der Waals surface area contributed by atoms with Crippen molar-refractivity contribution in [2.75, 3.05) is 26.2 Å². The van der Waals surface area contributed by atoms with Crippen molar-refractivity contribution >= 4 is 11.9 Å². The van der Waals surface area contributed by atoms with Gasteiger partial charge in [-0.3, -0.25) is 4.79 Å². The fourth-order valence-corrected chi connectivity index (χ4v) is 4.27. The third kappa shape index (κ3) is 3.88. The van der Waals surface area contributed by atoms with Gasteiger partial charge in [0.15, 0.2) is 0 Å². The zero-order chi connectivity index (χ0) is 16.3. The first-order valence-electron chi connectivity index (χ1n) is 9.06. The van der Waals surface area contributed by atoms with Crippen molar-refractivity contribution in [3.63, 3.8) is 0 Å². The van der Waals surface area contributed by atoms with Crippen LogP contribution < -0.4 is 5.32 Å². The Hall–Kier alpha value is -1.52. The summed E-state index contributed by atoms with van der Waals surface area (Å²) in [5.74, 6) is 0.219. The predicted molar refractivity (Wildman–Crippen MR) is 90.0 cm³/mol. The van der Waals surface area contributed by atoms with Crippen LogP contribution in [0.1, 0.15) is 51.9 Å². The Morgan fingerprint density at radius 2 is 2.17 bits per heavy atom. The molecule has 3 rings (SSSR count). The van der Waals surface area contributed by atoms with Gasteiger partial charge in [0.25, 0.3) is 0 Å². The third-order valence-corrected chi connectivity index (χ3v) is 5.54. The maximum atomic E-state index is 12.6. The van der Waals surface area contributed by atoms with Crippen LogP contribution in [0.25, 0.3) is 0 Å². The highest BCUT2D eigenvalue weighted by molar-refractivity contribution is 5.78. The number of allylic oxidation sites excluding steroid dienone is 2. The quantitative estimate of drug-likeness (QED) is 0.813. The normalized spacial score (nSPS) is 29.2. The fraction of sp³-hybridized carbons (Fsp3) is 0.778. The summed E-state index contributed by atoms with van der Waals surface area (Å²) in [6.45, 7) is 5.18. The lowest BCUT2D eigenvalue weighted by atomic mass is 9.71. The summed E-state index contributed by atoms with van der Waals surface area (Å²) in [6.07, 6.45) is 11.9. The summed E-state index contributed by atoms with van der Waals surface area (Å²) in [5.41, 5.74) is 0.304. The fourth-order valence-electron chi connectivity index (χ4n) is 4.27. The number of rotatable bonds is 3. The maximum absolute atomic E-state index is 12.6. The molecule has 5 heteroatoms. The molecule has 0 aromatic rings. The van der Waals surface area contributed by atoms with Gasteiger partial charge in [0.05, 0.1) is 0 Å². The van der Waals surface area contributed by atoms with Crippen molar-refractivity contribution < 1.29 is 9.59 Å². The molecule has 3 amide bonds. The highest BCUT2D eigenvalue weighted by Crippen LogP contribution is 2.40. The van der Waals surface area contributed by atoms with E-state index in [1.54, 1.807) is 0 Å². The summed E-state index contributed by atoms with van der Waals surface area (Å²) >= 11 is 0. The lowest BCUT2D eigenvalue weighted by Crippen LogP contribution is -2.53. The minimum atomic E-state index is 0.00804. The number of piperidine rings is 1. The number of likely N-dealkylation sites (tertiary alicyclic amines) is 2. The molecule has 3 aliphatic rings. The summed E-state index contributed by atoms with van der Waals surface area (Å²) in [7, 11) is 0. The van der Waals surface area contributed by atoms with Gasteiger partial charge in [-0.05, 0) is 50.9 Å². The first-order chi connectivity index (χ1) is 11.1. The monoisotopic (exact) mass is 319 g/mol. The number of hydrogen-bond acceptors (Lipinski definition) is 2. The minimum absolute atomic E-state index is 0.00804. The summed E-state index contributed by atoms with van der Waals surface area (Å²) < 4.78 is 0. The Kier molecular flexibility index (Phi) is 4.93. The molecule has 0 unspecified atom stereocenters. The van der Waals surface area contributed by atoms with Crippen molar-refractivity contribution in [2.45, 2.75) is 57.9 Å². The Morgan fingerprint density at radius 3 is 2.87 bits per heavy atom. The molecule has 2 atom stereocenters. The lowest BCUT2D eigenvalue weighted by molar-refractivity contribution is -0.127. The smallest absolute Gasteiger partial charge is 0.317 e. The van der Waals surface area contributed by atoms with E-state index in [2.05, 4.69) is 17.5 Å². The van der Waals surface area contributed by atoms with Crippen LogP contribution in [0.15, 0.2) is 12.2 Å². The second kappa shape index (κ2) is 6.93. The molecule has 2 aliphatic heterocycles. The van der Waals surface area contributed by atoms with Crippen LogP contribution in [-0.2, 0) is 4.79 Å². The second-order valence-electron chi connectivity index (χ2n) is 7.53.